The summed E-state index contributed by atoms with van der Waals surface area (Å²) in [5, 5.41) is 5.06. The van der Waals surface area contributed by atoms with E-state index in [1.54, 1.807) is 0 Å². The maximum Gasteiger partial charge on any atom is 0.104 e. The molecule has 0 radical (unpaired) electrons. The van der Waals surface area contributed by atoms with Gasteiger partial charge in [0.2, 0.25) is 0 Å². The van der Waals surface area contributed by atoms with Gasteiger partial charge in [0.15, 0.2) is 0 Å². The van der Waals surface area contributed by atoms with Crippen molar-refractivity contribution in [2.75, 3.05) is 13.2 Å². The minimum atomic E-state index is 0.239. The van der Waals surface area contributed by atoms with E-state index in [1.807, 2.05) is 11.3 Å². The summed E-state index contributed by atoms with van der Waals surface area (Å²) < 4.78 is 7.55. The molecule has 2 nitrogen and oxygen atoms in total. The molecule has 2 aliphatic rings. The molecule has 2 heterocycles. The van der Waals surface area contributed by atoms with Crippen molar-refractivity contribution < 1.29 is 4.74 Å². The van der Waals surface area contributed by atoms with Gasteiger partial charge in [-0.3, -0.25) is 0 Å². The number of hydrogen-bond donors (Lipinski definition) is 1. The standard InChI is InChI=1S/C16H19NOS/c1-2-7-15-11(4-1)8-16(19-15)14-9-17-13-6-3-5-12(13)10-18-14/h1-2,4,7-8,12-14,17H,3,5-6,9-10H2. The Morgan fingerprint density at radius 1 is 1.21 bits per heavy atom. The van der Waals surface area contributed by atoms with Gasteiger partial charge in [-0.15, -0.1) is 11.3 Å². The summed E-state index contributed by atoms with van der Waals surface area (Å²) in [6.07, 6.45) is 4.26. The van der Waals surface area contributed by atoms with E-state index >= 15 is 0 Å². The summed E-state index contributed by atoms with van der Waals surface area (Å²) in [6.45, 7) is 1.89. The molecule has 2 fully saturated rings. The number of nitrogens with one attached hydrogen (secondary N) is 1. The van der Waals surface area contributed by atoms with Crippen LogP contribution in [0.15, 0.2) is 30.3 Å². The molecule has 19 heavy (non-hydrogen) atoms. The molecule has 3 unspecified atom stereocenters. The van der Waals surface area contributed by atoms with Crippen molar-refractivity contribution in [3.05, 3.63) is 35.2 Å². The number of benzene rings is 1. The number of rotatable bonds is 1. The zero-order chi connectivity index (χ0) is 12.7. The fraction of sp³-hybridized carbons (Fsp3) is 0.500. The molecular formula is C16H19NOS. The lowest BCUT2D eigenvalue weighted by atomic mass is 10.1. The molecule has 3 atom stereocenters. The second kappa shape index (κ2) is 4.89. The largest absolute Gasteiger partial charge is 0.371 e. The highest BCUT2D eigenvalue weighted by molar-refractivity contribution is 7.19. The van der Waals surface area contributed by atoms with Crippen molar-refractivity contribution in [3.63, 3.8) is 0 Å². The van der Waals surface area contributed by atoms with E-state index < -0.39 is 0 Å². The van der Waals surface area contributed by atoms with Crippen molar-refractivity contribution in [1.82, 2.24) is 5.32 Å². The van der Waals surface area contributed by atoms with Gasteiger partial charge < -0.3 is 10.1 Å². The Labute approximate surface area is 117 Å². The van der Waals surface area contributed by atoms with Gasteiger partial charge in [0, 0.05) is 22.2 Å². The Hall–Kier alpha value is -0.900. The first-order valence-corrected chi connectivity index (χ1v) is 8.05. The van der Waals surface area contributed by atoms with Crippen LogP contribution in [0.4, 0.5) is 0 Å². The molecule has 1 aliphatic carbocycles. The molecule has 0 amide bonds. The van der Waals surface area contributed by atoms with Crippen LogP contribution < -0.4 is 5.32 Å². The van der Waals surface area contributed by atoms with Gasteiger partial charge >= 0.3 is 0 Å². The number of hydrogen-bond acceptors (Lipinski definition) is 3. The summed E-state index contributed by atoms with van der Waals surface area (Å²) >= 11 is 1.88. The molecule has 1 aromatic heterocycles. The van der Waals surface area contributed by atoms with Gasteiger partial charge in [0.1, 0.15) is 6.10 Å². The van der Waals surface area contributed by atoms with Crippen molar-refractivity contribution in [2.45, 2.75) is 31.4 Å². The van der Waals surface area contributed by atoms with Crippen LogP contribution in [-0.2, 0) is 4.74 Å². The predicted molar refractivity (Wildman–Crippen MR) is 79.6 cm³/mol. The van der Waals surface area contributed by atoms with Crippen LogP contribution >= 0.6 is 11.3 Å². The minimum absolute atomic E-state index is 0.239. The number of ether oxygens (including phenoxy) is 1. The Kier molecular flexibility index (Phi) is 3.06. The zero-order valence-electron chi connectivity index (χ0n) is 11.0. The van der Waals surface area contributed by atoms with Crippen LogP contribution in [0, 0.1) is 5.92 Å². The summed E-state index contributed by atoms with van der Waals surface area (Å²) in [5.41, 5.74) is 0. The van der Waals surface area contributed by atoms with Crippen LogP contribution in [0.1, 0.15) is 30.2 Å². The fourth-order valence-corrected chi connectivity index (χ4v) is 4.52. The van der Waals surface area contributed by atoms with E-state index in [-0.39, 0.29) is 6.10 Å². The van der Waals surface area contributed by atoms with Crippen molar-refractivity contribution in [2.24, 2.45) is 5.92 Å². The first kappa shape index (κ1) is 11.9. The van der Waals surface area contributed by atoms with Gasteiger partial charge in [-0.2, -0.15) is 0 Å². The zero-order valence-corrected chi connectivity index (χ0v) is 11.8. The molecule has 4 rings (SSSR count). The SMILES string of the molecule is c1ccc2sc(C3CNC4CCCC4CO3)cc2c1. The van der Waals surface area contributed by atoms with Crippen molar-refractivity contribution >= 4 is 21.4 Å². The van der Waals surface area contributed by atoms with Crippen LogP contribution in [-0.4, -0.2) is 19.2 Å². The van der Waals surface area contributed by atoms with E-state index in [4.69, 9.17) is 4.74 Å². The number of fused-ring (bicyclic) bond motifs is 2. The third-order valence-corrected chi connectivity index (χ3v) is 5.71. The molecule has 0 spiro atoms. The average Bonchev–Trinajstić information content (AvgIpc) is 3.01. The normalized spacial score (nSPS) is 31.3. The van der Waals surface area contributed by atoms with Gasteiger partial charge in [0.25, 0.3) is 0 Å². The summed E-state index contributed by atoms with van der Waals surface area (Å²) in [7, 11) is 0. The third kappa shape index (κ3) is 2.20. The first-order valence-electron chi connectivity index (χ1n) is 7.23. The second-order valence-electron chi connectivity index (χ2n) is 5.71. The highest BCUT2D eigenvalue weighted by atomic mass is 32.1. The van der Waals surface area contributed by atoms with E-state index in [2.05, 4.69) is 35.6 Å². The first-order chi connectivity index (χ1) is 9.40. The Morgan fingerprint density at radius 3 is 3.11 bits per heavy atom. The van der Waals surface area contributed by atoms with Gasteiger partial charge in [-0.1, -0.05) is 24.6 Å². The third-order valence-electron chi connectivity index (χ3n) is 4.50. The second-order valence-corrected chi connectivity index (χ2v) is 6.83. The average molecular weight is 273 g/mol. The molecule has 1 aliphatic heterocycles. The maximum atomic E-state index is 6.18. The van der Waals surface area contributed by atoms with E-state index in [9.17, 15) is 0 Å². The summed E-state index contributed by atoms with van der Waals surface area (Å²) in [4.78, 5) is 1.37. The maximum absolute atomic E-state index is 6.18. The van der Waals surface area contributed by atoms with E-state index in [1.165, 1.54) is 34.2 Å². The molecule has 0 bridgehead atoms. The lowest BCUT2D eigenvalue weighted by molar-refractivity contribution is 0.0496. The molecule has 2 aromatic rings. The van der Waals surface area contributed by atoms with Crippen LogP contribution in [0.25, 0.3) is 10.1 Å². The lowest BCUT2D eigenvalue weighted by Crippen LogP contribution is -2.32. The van der Waals surface area contributed by atoms with E-state index in [0.29, 0.717) is 6.04 Å². The van der Waals surface area contributed by atoms with Gasteiger partial charge in [0.05, 0.1) is 6.61 Å². The number of thiophene rings is 1. The van der Waals surface area contributed by atoms with Crippen LogP contribution in [0.3, 0.4) is 0 Å². The summed E-state index contributed by atoms with van der Waals surface area (Å²) in [6, 6.07) is 11.6. The van der Waals surface area contributed by atoms with Crippen molar-refractivity contribution in [3.8, 4) is 0 Å². The monoisotopic (exact) mass is 273 g/mol. The quantitative estimate of drug-likeness (QED) is 0.855. The molecule has 1 aromatic carbocycles. The minimum Gasteiger partial charge on any atom is -0.371 e. The topological polar surface area (TPSA) is 21.3 Å². The lowest BCUT2D eigenvalue weighted by Gasteiger charge is -2.14. The van der Waals surface area contributed by atoms with Crippen molar-refractivity contribution in [1.29, 1.82) is 0 Å². The predicted octanol–water partition coefficient (Wildman–Crippen LogP) is 3.73. The molecule has 1 saturated heterocycles. The fourth-order valence-electron chi connectivity index (χ4n) is 3.41. The highest BCUT2D eigenvalue weighted by Crippen LogP contribution is 2.35. The molecule has 1 saturated carbocycles. The van der Waals surface area contributed by atoms with Crippen LogP contribution in [0.5, 0.6) is 0 Å². The molecule has 3 heteroatoms. The molecular weight excluding hydrogens is 254 g/mol. The Balaban J connectivity index is 1.58. The van der Waals surface area contributed by atoms with E-state index in [0.717, 1.165) is 19.1 Å². The molecule has 100 valence electrons. The Bertz CT molecular complexity index is 532. The smallest absolute Gasteiger partial charge is 0.104 e. The van der Waals surface area contributed by atoms with Gasteiger partial charge in [-0.05, 0) is 36.3 Å². The van der Waals surface area contributed by atoms with Gasteiger partial charge in [-0.25, -0.2) is 0 Å². The summed E-state index contributed by atoms with van der Waals surface area (Å²) in [5.74, 6) is 0.736. The highest BCUT2D eigenvalue weighted by Gasteiger charge is 2.32. The van der Waals surface area contributed by atoms with Crippen LogP contribution in [0.2, 0.25) is 0 Å². The molecule has 1 N–H and O–H groups in total. The Morgan fingerprint density at radius 2 is 2.16 bits per heavy atom.